The standard InChI is InChI=1S/C18H23FN2O/c1-3-18(13-22)21(11-15-7-9-16(19)10-8-15)12-17-6-4-5-14(2)20-17/h4-10,18,22H,3,11-13H2,1-2H3. The van der Waals surface area contributed by atoms with Crippen molar-refractivity contribution in [1.29, 1.82) is 0 Å². The summed E-state index contributed by atoms with van der Waals surface area (Å²) < 4.78 is 13.0. The summed E-state index contributed by atoms with van der Waals surface area (Å²) >= 11 is 0. The van der Waals surface area contributed by atoms with Gasteiger partial charge < -0.3 is 5.11 Å². The molecule has 1 N–H and O–H groups in total. The SMILES string of the molecule is CCC(CO)N(Cc1ccc(F)cc1)Cc1cccc(C)n1. The zero-order valence-corrected chi connectivity index (χ0v) is 13.2. The van der Waals surface area contributed by atoms with Crippen molar-refractivity contribution in [2.24, 2.45) is 0 Å². The molecule has 0 aliphatic heterocycles. The molecule has 1 unspecified atom stereocenters. The Bertz CT molecular complexity index is 582. The number of aliphatic hydroxyl groups is 1. The quantitative estimate of drug-likeness (QED) is 0.852. The van der Waals surface area contributed by atoms with Gasteiger partial charge in [-0.2, -0.15) is 0 Å². The van der Waals surface area contributed by atoms with Crippen LogP contribution in [0.5, 0.6) is 0 Å². The second-order valence-electron chi connectivity index (χ2n) is 5.55. The van der Waals surface area contributed by atoms with Crippen molar-refractivity contribution in [2.75, 3.05) is 6.61 Å². The lowest BCUT2D eigenvalue weighted by molar-refractivity contribution is 0.105. The van der Waals surface area contributed by atoms with Crippen LogP contribution in [0.3, 0.4) is 0 Å². The average molecular weight is 302 g/mol. The van der Waals surface area contributed by atoms with Crippen molar-refractivity contribution in [1.82, 2.24) is 9.88 Å². The van der Waals surface area contributed by atoms with E-state index in [0.29, 0.717) is 13.1 Å². The monoisotopic (exact) mass is 302 g/mol. The summed E-state index contributed by atoms with van der Waals surface area (Å²) in [6.07, 6.45) is 0.851. The predicted octanol–water partition coefficient (Wildman–Crippen LogP) is 3.30. The normalized spacial score (nSPS) is 12.6. The smallest absolute Gasteiger partial charge is 0.123 e. The maximum Gasteiger partial charge on any atom is 0.123 e. The van der Waals surface area contributed by atoms with Crippen LogP contribution in [-0.2, 0) is 13.1 Å². The molecule has 0 saturated carbocycles. The highest BCUT2D eigenvalue weighted by Crippen LogP contribution is 2.15. The average Bonchev–Trinajstić information content (AvgIpc) is 2.51. The van der Waals surface area contributed by atoms with Crippen molar-refractivity contribution in [2.45, 2.75) is 39.4 Å². The molecule has 2 rings (SSSR count). The third-order valence-electron chi connectivity index (χ3n) is 3.81. The Kier molecular flexibility index (Phi) is 6.04. The molecule has 0 radical (unpaired) electrons. The minimum atomic E-state index is -0.232. The molecule has 0 fully saturated rings. The Morgan fingerprint density at radius 2 is 1.86 bits per heavy atom. The highest BCUT2D eigenvalue weighted by Gasteiger charge is 2.17. The fourth-order valence-corrected chi connectivity index (χ4v) is 2.54. The molecule has 1 heterocycles. The first-order valence-electron chi connectivity index (χ1n) is 7.64. The topological polar surface area (TPSA) is 36.4 Å². The van der Waals surface area contributed by atoms with Gasteiger partial charge in [0.15, 0.2) is 0 Å². The van der Waals surface area contributed by atoms with Crippen molar-refractivity contribution < 1.29 is 9.50 Å². The van der Waals surface area contributed by atoms with E-state index in [0.717, 1.165) is 23.4 Å². The molecule has 0 saturated heterocycles. The number of aryl methyl sites for hydroxylation is 1. The molecule has 1 atom stereocenters. The van der Waals surface area contributed by atoms with Gasteiger partial charge in [-0.3, -0.25) is 9.88 Å². The van der Waals surface area contributed by atoms with E-state index < -0.39 is 0 Å². The third-order valence-corrected chi connectivity index (χ3v) is 3.81. The maximum atomic E-state index is 13.0. The van der Waals surface area contributed by atoms with E-state index in [9.17, 15) is 9.50 Å². The summed E-state index contributed by atoms with van der Waals surface area (Å²) in [5, 5.41) is 9.63. The van der Waals surface area contributed by atoms with Crippen LogP contribution in [0.1, 0.15) is 30.3 Å². The molecule has 0 aliphatic carbocycles. The highest BCUT2D eigenvalue weighted by molar-refractivity contribution is 5.16. The lowest BCUT2D eigenvalue weighted by Gasteiger charge is -2.29. The Hall–Kier alpha value is -1.78. The molecule has 118 valence electrons. The molecular weight excluding hydrogens is 279 g/mol. The molecule has 0 aliphatic rings. The summed E-state index contributed by atoms with van der Waals surface area (Å²) in [4.78, 5) is 6.73. The molecule has 0 bridgehead atoms. The molecule has 2 aromatic rings. The molecule has 1 aromatic carbocycles. The summed E-state index contributed by atoms with van der Waals surface area (Å²) in [5.41, 5.74) is 2.99. The Labute approximate surface area is 131 Å². The number of hydrogen-bond acceptors (Lipinski definition) is 3. The minimum absolute atomic E-state index is 0.0624. The summed E-state index contributed by atoms with van der Waals surface area (Å²) in [6.45, 7) is 5.45. The zero-order chi connectivity index (χ0) is 15.9. The predicted molar refractivity (Wildman–Crippen MR) is 85.8 cm³/mol. The number of hydrogen-bond donors (Lipinski definition) is 1. The van der Waals surface area contributed by atoms with Crippen LogP contribution in [0.2, 0.25) is 0 Å². The zero-order valence-electron chi connectivity index (χ0n) is 13.2. The highest BCUT2D eigenvalue weighted by atomic mass is 19.1. The number of pyridine rings is 1. The van der Waals surface area contributed by atoms with Gasteiger partial charge in [-0.25, -0.2) is 4.39 Å². The Morgan fingerprint density at radius 3 is 2.45 bits per heavy atom. The van der Waals surface area contributed by atoms with Crippen LogP contribution >= 0.6 is 0 Å². The van der Waals surface area contributed by atoms with Crippen LogP contribution in [-0.4, -0.2) is 27.6 Å². The van der Waals surface area contributed by atoms with Gasteiger partial charge in [0.05, 0.1) is 12.3 Å². The van der Waals surface area contributed by atoms with E-state index in [1.54, 1.807) is 12.1 Å². The summed E-state index contributed by atoms with van der Waals surface area (Å²) in [5.74, 6) is -0.232. The van der Waals surface area contributed by atoms with E-state index in [-0.39, 0.29) is 18.5 Å². The fourth-order valence-electron chi connectivity index (χ4n) is 2.54. The molecule has 0 amide bonds. The first kappa shape index (κ1) is 16.6. The lowest BCUT2D eigenvalue weighted by Crippen LogP contribution is -2.36. The van der Waals surface area contributed by atoms with Crippen LogP contribution in [0.4, 0.5) is 4.39 Å². The van der Waals surface area contributed by atoms with Gasteiger partial charge in [-0.1, -0.05) is 25.1 Å². The van der Waals surface area contributed by atoms with Gasteiger partial charge >= 0.3 is 0 Å². The number of aromatic nitrogens is 1. The van der Waals surface area contributed by atoms with Crippen LogP contribution in [0.25, 0.3) is 0 Å². The summed E-state index contributed by atoms with van der Waals surface area (Å²) in [6, 6.07) is 12.5. The molecular formula is C18H23FN2O. The molecule has 0 spiro atoms. The van der Waals surface area contributed by atoms with Crippen molar-refractivity contribution in [3.63, 3.8) is 0 Å². The van der Waals surface area contributed by atoms with Gasteiger partial charge in [0.1, 0.15) is 5.82 Å². The number of nitrogens with zero attached hydrogens (tertiary/aromatic N) is 2. The molecule has 1 aromatic heterocycles. The van der Waals surface area contributed by atoms with Crippen molar-refractivity contribution in [3.05, 3.63) is 65.2 Å². The fraction of sp³-hybridized carbons (Fsp3) is 0.389. The number of rotatable bonds is 7. The largest absolute Gasteiger partial charge is 0.395 e. The first-order chi connectivity index (χ1) is 10.6. The number of halogens is 1. The lowest BCUT2D eigenvalue weighted by atomic mass is 10.1. The molecule has 4 heteroatoms. The molecule has 3 nitrogen and oxygen atoms in total. The second-order valence-corrected chi connectivity index (χ2v) is 5.55. The van der Waals surface area contributed by atoms with Crippen molar-refractivity contribution in [3.8, 4) is 0 Å². The van der Waals surface area contributed by atoms with Crippen molar-refractivity contribution >= 4 is 0 Å². The van der Waals surface area contributed by atoms with Crippen LogP contribution in [0, 0.1) is 12.7 Å². The van der Waals surface area contributed by atoms with E-state index in [1.165, 1.54) is 12.1 Å². The number of aliphatic hydroxyl groups excluding tert-OH is 1. The Morgan fingerprint density at radius 1 is 1.14 bits per heavy atom. The first-order valence-corrected chi connectivity index (χ1v) is 7.64. The summed E-state index contributed by atoms with van der Waals surface area (Å²) in [7, 11) is 0. The van der Waals surface area contributed by atoms with Crippen LogP contribution in [0.15, 0.2) is 42.5 Å². The third kappa shape index (κ3) is 4.61. The van der Waals surface area contributed by atoms with Crippen LogP contribution < -0.4 is 0 Å². The van der Waals surface area contributed by atoms with Gasteiger partial charge in [-0.15, -0.1) is 0 Å². The van der Waals surface area contributed by atoms with E-state index in [1.807, 2.05) is 25.1 Å². The van der Waals surface area contributed by atoms with E-state index >= 15 is 0 Å². The van der Waals surface area contributed by atoms with E-state index in [4.69, 9.17) is 0 Å². The van der Waals surface area contributed by atoms with Gasteiger partial charge in [0.2, 0.25) is 0 Å². The second kappa shape index (κ2) is 8.01. The van der Waals surface area contributed by atoms with Gasteiger partial charge in [0.25, 0.3) is 0 Å². The minimum Gasteiger partial charge on any atom is -0.395 e. The van der Waals surface area contributed by atoms with Gasteiger partial charge in [0, 0.05) is 24.8 Å². The Balaban J connectivity index is 2.16. The van der Waals surface area contributed by atoms with E-state index in [2.05, 4.69) is 16.8 Å². The molecule has 22 heavy (non-hydrogen) atoms. The number of benzene rings is 1. The maximum absolute atomic E-state index is 13.0. The van der Waals surface area contributed by atoms with Gasteiger partial charge in [-0.05, 0) is 43.2 Å².